The molecule has 0 saturated carbocycles. The lowest BCUT2D eigenvalue weighted by atomic mass is 10.2. The number of anilines is 1. The number of nitrogen functional groups attached to an aromatic ring is 1. The van der Waals surface area contributed by atoms with Gasteiger partial charge < -0.3 is 10.3 Å². The zero-order valence-electron chi connectivity index (χ0n) is 10.7. The van der Waals surface area contributed by atoms with Crippen molar-refractivity contribution in [3.8, 4) is 11.4 Å². The van der Waals surface area contributed by atoms with Gasteiger partial charge in [0.05, 0.1) is 22.8 Å². The minimum absolute atomic E-state index is 0.135. The van der Waals surface area contributed by atoms with Crippen LogP contribution in [0.5, 0.6) is 0 Å². The summed E-state index contributed by atoms with van der Waals surface area (Å²) in [5.74, 6) is 0.876. The van der Waals surface area contributed by atoms with E-state index >= 15 is 0 Å². The lowest BCUT2D eigenvalue weighted by Crippen LogP contribution is -2.04. The molecule has 0 aliphatic heterocycles. The molecule has 0 aliphatic rings. The quantitative estimate of drug-likeness (QED) is 0.743. The Morgan fingerprint density at radius 1 is 1.37 bits per heavy atom. The maximum atomic E-state index is 13.4. The van der Waals surface area contributed by atoms with Crippen LogP contribution >= 0.6 is 0 Å². The number of hydrogen-bond acceptors (Lipinski definition) is 3. The van der Waals surface area contributed by atoms with Crippen molar-refractivity contribution in [2.24, 2.45) is 0 Å². The van der Waals surface area contributed by atoms with Gasteiger partial charge in [-0.2, -0.15) is 5.10 Å². The second-order valence-electron chi connectivity index (χ2n) is 4.73. The van der Waals surface area contributed by atoms with Gasteiger partial charge in [0.1, 0.15) is 17.5 Å². The maximum Gasteiger partial charge on any atom is 0.146 e. The van der Waals surface area contributed by atoms with Gasteiger partial charge in [-0.1, -0.05) is 0 Å². The van der Waals surface area contributed by atoms with Crippen molar-refractivity contribution in [3.05, 3.63) is 30.2 Å². The molecule has 1 aromatic carbocycles. The summed E-state index contributed by atoms with van der Waals surface area (Å²) in [5.41, 5.74) is 8.07. The molecule has 3 aromatic rings. The Balaban J connectivity index is 2.36. The van der Waals surface area contributed by atoms with E-state index in [1.54, 1.807) is 12.3 Å². The van der Waals surface area contributed by atoms with E-state index in [-0.39, 0.29) is 11.9 Å². The van der Waals surface area contributed by atoms with Crippen LogP contribution < -0.4 is 5.73 Å². The molecule has 19 heavy (non-hydrogen) atoms. The number of nitrogens with one attached hydrogen (secondary N) is 1. The van der Waals surface area contributed by atoms with E-state index in [9.17, 15) is 4.39 Å². The zero-order chi connectivity index (χ0) is 13.6. The lowest BCUT2D eigenvalue weighted by molar-refractivity contribution is 0.613. The fourth-order valence-corrected chi connectivity index (χ4v) is 2.25. The largest absolute Gasteiger partial charge is 0.383 e. The Bertz CT molecular complexity index is 741. The monoisotopic (exact) mass is 259 g/mol. The number of rotatable bonds is 2. The summed E-state index contributed by atoms with van der Waals surface area (Å²) in [4.78, 5) is 4.53. The predicted molar refractivity (Wildman–Crippen MR) is 72.1 cm³/mol. The summed E-state index contributed by atoms with van der Waals surface area (Å²) in [7, 11) is 0. The van der Waals surface area contributed by atoms with Gasteiger partial charge in [0.2, 0.25) is 0 Å². The number of halogens is 1. The Kier molecular flexibility index (Phi) is 2.51. The Labute approximate surface area is 109 Å². The lowest BCUT2D eigenvalue weighted by Gasteiger charge is -2.12. The zero-order valence-corrected chi connectivity index (χ0v) is 10.7. The van der Waals surface area contributed by atoms with Crippen molar-refractivity contribution in [3.63, 3.8) is 0 Å². The average molecular weight is 259 g/mol. The number of nitrogens with zero attached hydrogens (tertiary/aromatic N) is 3. The van der Waals surface area contributed by atoms with Crippen LogP contribution in [0.3, 0.4) is 0 Å². The fourth-order valence-electron chi connectivity index (χ4n) is 2.25. The molecule has 0 atom stereocenters. The molecule has 3 N–H and O–H groups in total. The number of imidazole rings is 1. The van der Waals surface area contributed by atoms with Gasteiger partial charge in [-0.3, -0.25) is 5.10 Å². The predicted octanol–water partition coefficient (Wildman–Crippen LogP) is 2.73. The van der Waals surface area contributed by atoms with Gasteiger partial charge in [0, 0.05) is 6.04 Å². The summed E-state index contributed by atoms with van der Waals surface area (Å²) < 4.78 is 15.4. The SMILES string of the molecule is CC(C)n1c(-c2cn[nH]c2N)nc2ccc(F)cc21. The average Bonchev–Trinajstić information content (AvgIpc) is 2.91. The molecule has 5 nitrogen and oxygen atoms in total. The first kappa shape index (κ1) is 11.7. The van der Waals surface area contributed by atoms with Crippen LogP contribution in [0.15, 0.2) is 24.4 Å². The van der Waals surface area contributed by atoms with Crippen LogP contribution in [0, 0.1) is 5.82 Å². The first-order valence-electron chi connectivity index (χ1n) is 6.04. The molecule has 6 heteroatoms. The normalized spacial score (nSPS) is 11.6. The summed E-state index contributed by atoms with van der Waals surface area (Å²) in [6.45, 7) is 4.04. The maximum absolute atomic E-state index is 13.4. The molecule has 0 spiro atoms. The standard InChI is InChI=1S/C13H14FN5/c1-7(2)19-11-5-8(14)3-4-10(11)17-13(19)9-6-16-18-12(9)15/h3-7H,1-2H3,(H3,15,16,18). The number of aromatic nitrogens is 4. The van der Waals surface area contributed by atoms with Crippen LogP contribution in [0.4, 0.5) is 10.2 Å². The third kappa shape index (κ3) is 1.76. The van der Waals surface area contributed by atoms with Gasteiger partial charge in [0.25, 0.3) is 0 Å². The number of aromatic amines is 1. The summed E-state index contributed by atoms with van der Waals surface area (Å²) >= 11 is 0. The first-order chi connectivity index (χ1) is 9.08. The topological polar surface area (TPSA) is 72.5 Å². The Morgan fingerprint density at radius 2 is 2.16 bits per heavy atom. The van der Waals surface area contributed by atoms with Gasteiger partial charge in [0.15, 0.2) is 0 Å². The molecular formula is C13H14FN5. The molecule has 0 bridgehead atoms. The van der Waals surface area contributed by atoms with Crippen molar-refractivity contribution in [1.29, 1.82) is 0 Å². The summed E-state index contributed by atoms with van der Waals surface area (Å²) in [5, 5.41) is 6.60. The molecule has 0 saturated heterocycles. The highest BCUT2D eigenvalue weighted by Gasteiger charge is 2.18. The molecule has 3 rings (SSSR count). The molecule has 0 unspecified atom stereocenters. The van der Waals surface area contributed by atoms with Crippen molar-refractivity contribution in [1.82, 2.24) is 19.7 Å². The molecule has 2 heterocycles. The number of fused-ring (bicyclic) bond motifs is 1. The second kappa shape index (κ2) is 4.08. The minimum Gasteiger partial charge on any atom is -0.383 e. The highest BCUT2D eigenvalue weighted by molar-refractivity contribution is 5.83. The third-order valence-corrected chi connectivity index (χ3v) is 3.08. The fraction of sp³-hybridized carbons (Fsp3) is 0.231. The van der Waals surface area contributed by atoms with E-state index in [2.05, 4.69) is 15.2 Å². The summed E-state index contributed by atoms with van der Waals surface area (Å²) in [6.07, 6.45) is 1.63. The van der Waals surface area contributed by atoms with Gasteiger partial charge in [-0.25, -0.2) is 9.37 Å². The van der Waals surface area contributed by atoms with Crippen molar-refractivity contribution in [2.75, 3.05) is 5.73 Å². The van der Waals surface area contributed by atoms with E-state index in [4.69, 9.17) is 5.73 Å². The van der Waals surface area contributed by atoms with E-state index in [1.165, 1.54) is 12.1 Å². The van der Waals surface area contributed by atoms with Gasteiger partial charge in [-0.05, 0) is 32.0 Å². The second-order valence-corrected chi connectivity index (χ2v) is 4.73. The van der Waals surface area contributed by atoms with E-state index in [0.717, 1.165) is 16.6 Å². The molecular weight excluding hydrogens is 245 g/mol. The molecule has 0 aliphatic carbocycles. The molecule has 2 aromatic heterocycles. The summed E-state index contributed by atoms with van der Waals surface area (Å²) in [6, 6.07) is 4.70. The molecule has 0 amide bonds. The Morgan fingerprint density at radius 3 is 2.79 bits per heavy atom. The van der Waals surface area contributed by atoms with Gasteiger partial charge in [-0.15, -0.1) is 0 Å². The molecule has 0 fully saturated rings. The third-order valence-electron chi connectivity index (χ3n) is 3.08. The van der Waals surface area contributed by atoms with E-state index < -0.39 is 0 Å². The number of nitrogens with two attached hydrogens (primary N) is 1. The van der Waals surface area contributed by atoms with Crippen molar-refractivity contribution < 1.29 is 4.39 Å². The Hall–Kier alpha value is -2.37. The first-order valence-corrected chi connectivity index (χ1v) is 6.04. The van der Waals surface area contributed by atoms with Crippen LogP contribution in [0.2, 0.25) is 0 Å². The molecule has 0 radical (unpaired) electrons. The number of hydrogen-bond donors (Lipinski definition) is 2. The van der Waals surface area contributed by atoms with Crippen LogP contribution in [0.1, 0.15) is 19.9 Å². The van der Waals surface area contributed by atoms with E-state index in [1.807, 2.05) is 18.4 Å². The van der Waals surface area contributed by atoms with Gasteiger partial charge >= 0.3 is 0 Å². The van der Waals surface area contributed by atoms with E-state index in [0.29, 0.717) is 11.6 Å². The van der Waals surface area contributed by atoms with Crippen molar-refractivity contribution >= 4 is 16.9 Å². The highest BCUT2D eigenvalue weighted by atomic mass is 19.1. The van der Waals surface area contributed by atoms with Crippen LogP contribution in [-0.4, -0.2) is 19.7 Å². The van der Waals surface area contributed by atoms with Crippen LogP contribution in [-0.2, 0) is 0 Å². The highest BCUT2D eigenvalue weighted by Crippen LogP contribution is 2.30. The smallest absolute Gasteiger partial charge is 0.146 e. The molecule has 98 valence electrons. The number of H-pyrrole nitrogens is 1. The minimum atomic E-state index is -0.277. The van der Waals surface area contributed by atoms with Crippen molar-refractivity contribution in [2.45, 2.75) is 19.9 Å². The van der Waals surface area contributed by atoms with Crippen LogP contribution in [0.25, 0.3) is 22.4 Å². The number of benzene rings is 1.